The molecule has 2 aromatic carbocycles. The number of carbonyl (C=O) groups excluding carboxylic acids is 2. The van der Waals surface area contributed by atoms with Crippen LogP contribution in [0.1, 0.15) is 40.1 Å². The van der Waals surface area contributed by atoms with Crippen LogP contribution in [0.5, 0.6) is 5.75 Å². The van der Waals surface area contributed by atoms with Gasteiger partial charge in [-0.15, -0.1) is 0 Å². The smallest absolute Gasteiger partial charge is 0.339 e. The second-order valence-corrected chi connectivity index (χ2v) is 9.56. The third kappa shape index (κ3) is 6.16. The second kappa shape index (κ2) is 10.4. The molecule has 0 unspecified atom stereocenters. The van der Waals surface area contributed by atoms with Crippen LogP contribution < -0.4 is 10.1 Å². The molecule has 1 N–H and O–H groups in total. The predicted molar refractivity (Wildman–Crippen MR) is 123 cm³/mol. The summed E-state index contributed by atoms with van der Waals surface area (Å²) in [7, 11) is -2.78. The van der Waals surface area contributed by atoms with Gasteiger partial charge in [0.05, 0.1) is 24.5 Å². The standard InChI is InChI=1S/C24H23FN2O6S/c1-15(2)33-19-11-16(14-34(30,31)21-7-5-4-6-20(21)25)10-18(12-19)23(28)27-22-9-8-17(13-26-22)24(29)32-3/h4-13,15H,14H2,1-3H3,(H,26,27,28). The van der Waals surface area contributed by atoms with E-state index in [9.17, 15) is 22.4 Å². The number of esters is 1. The summed E-state index contributed by atoms with van der Waals surface area (Å²) in [5.41, 5.74) is 0.588. The highest BCUT2D eigenvalue weighted by molar-refractivity contribution is 7.90. The van der Waals surface area contributed by atoms with Crippen molar-refractivity contribution in [1.29, 1.82) is 0 Å². The first-order valence-corrected chi connectivity index (χ1v) is 11.9. The summed E-state index contributed by atoms with van der Waals surface area (Å²) in [6.07, 6.45) is 1.02. The summed E-state index contributed by atoms with van der Waals surface area (Å²) in [6.45, 7) is 3.57. The van der Waals surface area contributed by atoms with E-state index in [1.54, 1.807) is 13.8 Å². The fourth-order valence-electron chi connectivity index (χ4n) is 3.10. The Hall–Kier alpha value is -3.79. The van der Waals surface area contributed by atoms with Crippen molar-refractivity contribution in [2.75, 3.05) is 12.4 Å². The molecule has 0 spiro atoms. The van der Waals surface area contributed by atoms with E-state index in [1.165, 1.54) is 61.8 Å². The number of anilines is 1. The van der Waals surface area contributed by atoms with Crippen molar-refractivity contribution in [3.63, 3.8) is 0 Å². The predicted octanol–water partition coefficient (Wildman–Crippen LogP) is 4.02. The third-order valence-electron chi connectivity index (χ3n) is 4.55. The zero-order chi connectivity index (χ0) is 24.9. The molecule has 3 rings (SSSR count). The maximum atomic E-state index is 14.1. The number of pyridine rings is 1. The molecule has 0 radical (unpaired) electrons. The number of benzene rings is 2. The summed E-state index contributed by atoms with van der Waals surface area (Å²) in [4.78, 5) is 28.0. The lowest BCUT2D eigenvalue weighted by Crippen LogP contribution is -2.15. The minimum atomic E-state index is -4.02. The third-order valence-corrected chi connectivity index (χ3v) is 6.27. The Balaban J connectivity index is 1.90. The summed E-state index contributed by atoms with van der Waals surface area (Å²) in [5, 5.41) is 2.59. The Bertz CT molecular complexity index is 1310. The van der Waals surface area contributed by atoms with Crippen LogP contribution in [0.3, 0.4) is 0 Å². The van der Waals surface area contributed by atoms with Crippen molar-refractivity contribution in [1.82, 2.24) is 4.98 Å². The van der Waals surface area contributed by atoms with Gasteiger partial charge in [-0.2, -0.15) is 0 Å². The Labute approximate surface area is 196 Å². The number of ether oxygens (including phenoxy) is 2. The highest BCUT2D eigenvalue weighted by Crippen LogP contribution is 2.25. The number of nitrogens with zero attached hydrogens (tertiary/aromatic N) is 1. The second-order valence-electron chi connectivity index (χ2n) is 7.60. The van der Waals surface area contributed by atoms with E-state index in [4.69, 9.17) is 4.74 Å². The van der Waals surface area contributed by atoms with Crippen LogP contribution >= 0.6 is 0 Å². The topological polar surface area (TPSA) is 112 Å². The summed E-state index contributed by atoms with van der Waals surface area (Å²) in [6, 6.07) is 12.3. The van der Waals surface area contributed by atoms with Gasteiger partial charge in [0.25, 0.3) is 5.91 Å². The van der Waals surface area contributed by atoms with Gasteiger partial charge in [0.15, 0.2) is 9.84 Å². The maximum absolute atomic E-state index is 14.1. The van der Waals surface area contributed by atoms with Crippen LogP contribution in [0.4, 0.5) is 10.2 Å². The molecule has 10 heteroatoms. The zero-order valence-corrected chi connectivity index (χ0v) is 19.6. The lowest BCUT2D eigenvalue weighted by Gasteiger charge is -2.14. The lowest BCUT2D eigenvalue weighted by molar-refractivity contribution is 0.0600. The van der Waals surface area contributed by atoms with Gasteiger partial charge in [-0.25, -0.2) is 22.6 Å². The molecule has 8 nitrogen and oxygen atoms in total. The van der Waals surface area contributed by atoms with Crippen molar-refractivity contribution in [3.05, 3.63) is 83.3 Å². The molecule has 0 saturated carbocycles. The largest absolute Gasteiger partial charge is 0.491 e. The van der Waals surface area contributed by atoms with Gasteiger partial charge in [0.1, 0.15) is 22.3 Å². The molecule has 0 fully saturated rings. The van der Waals surface area contributed by atoms with Crippen molar-refractivity contribution in [2.24, 2.45) is 0 Å². The molecule has 3 aromatic rings. The number of halogens is 1. The van der Waals surface area contributed by atoms with Gasteiger partial charge in [-0.1, -0.05) is 12.1 Å². The molecular formula is C24H23FN2O6S. The summed E-state index contributed by atoms with van der Waals surface area (Å²) >= 11 is 0. The number of methoxy groups -OCH3 is 1. The zero-order valence-electron chi connectivity index (χ0n) is 18.7. The number of aromatic nitrogens is 1. The number of carbonyl (C=O) groups is 2. The van der Waals surface area contributed by atoms with Crippen molar-refractivity contribution < 1.29 is 31.9 Å². The number of hydrogen-bond acceptors (Lipinski definition) is 7. The minimum Gasteiger partial charge on any atom is -0.491 e. The van der Waals surface area contributed by atoms with Gasteiger partial charge in [-0.05, 0) is 61.9 Å². The first kappa shape index (κ1) is 24.8. The highest BCUT2D eigenvalue weighted by atomic mass is 32.2. The van der Waals surface area contributed by atoms with Crippen LogP contribution in [0.25, 0.3) is 0 Å². The van der Waals surface area contributed by atoms with E-state index in [1.807, 2.05) is 0 Å². The summed E-state index contributed by atoms with van der Waals surface area (Å²) in [5.74, 6) is -2.06. The quantitative estimate of drug-likeness (QED) is 0.479. The van der Waals surface area contributed by atoms with Crippen molar-refractivity contribution >= 4 is 27.5 Å². The Kier molecular flexibility index (Phi) is 7.62. The molecule has 34 heavy (non-hydrogen) atoms. The molecule has 0 aliphatic heterocycles. The molecule has 0 saturated heterocycles. The fourth-order valence-corrected chi connectivity index (χ4v) is 4.52. The highest BCUT2D eigenvalue weighted by Gasteiger charge is 2.21. The van der Waals surface area contributed by atoms with E-state index >= 15 is 0 Å². The molecule has 178 valence electrons. The van der Waals surface area contributed by atoms with Gasteiger partial charge in [0.2, 0.25) is 0 Å². The van der Waals surface area contributed by atoms with Gasteiger partial charge < -0.3 is 14.8 Å². The molecule has 1 heterocycles. The molecule has 0 bridgehead atoms. The van der Waals surface area contributed by atoms with E-state index in [-0.39, 0.29) is 34.4 Å². The van der Waals surface area contributed by atoms with E-state index in [0.29, 0.717) is 0 Å². The fraction of sp³-hybridized carbons (Fsp3) is 0.208. The van der Waals surface area contributed by atoms with Crippen molar-refractivity contribution in [3.8, 4) is 5.75 Å². The minimum absolute atomic E-state index is 0.121. The number of hydrogen-bond donors (Lipinski definition) is 1. The normalized spacial score (nSPS) is 11.2. The molecular weight excluding hydrogens is 463 g/mol. The number of sulfone groups is 1. The van der Waals surface area contributed by atoms with Crippen LogP contribution in [0.15, 0.2) is 65.7 Å². The van der Waals surface area contributed by atoms with Crippen molar-refractivity contribution in [2.45, 2.75) is 30.6 Å². The Morgan fingerprint density at radius 3 is 2.41 bits per heavy atom. The monoisotopic (exact) mass is 486 g/mol. The van der Waals surface area contributed by atoms with E-state index < -0.39 is 38.2 Å². The molecule has 1 aromatic heterocycles. The average Bonchev–Trinajstić information content (AvgIpc) is 2.78. The van der Waals surface area contributed by atoms with Gasteiger partial charge in [0, 0.05) is 11.8 Å². The average molecular weight is 487 g/mol. The SMILES string of the molecule is COC(=O)c1ccc(NC(=O)c2cc(CS(=O)(=O)c3ccccc3F)cc(OC(C)C)c2)nc1. The van der Waals surface area contributed by atoms with E-state index in [2.05, 4.69) is 15.0 Å². The lowest BCUT2D eigenvalue weighted by atomic mass is 10.1. The molecule has 0 atom stereocenters. The van der Waals surface area contributed by atoms with Crippen LogP contribution in [0, 0.1) is 5.82 Å². The first-order chi connectivity index (χ1) is 16.1. The van der Waals surface area contributed by atoms with Crippen LogP contribution in [-0.4, -0.2) is 38.5 Å². The van der Waals surface area contributed by atoms with E-state index in [0.717, 1.165) is 6.07 Å². The number of rotatable bonds is 8. The number of nitrogens with one attached hydrogen (secondary N) is 1. The summed E-state index contributed by atoms with van der Waals surface area (Å²) < 4.78 is 50.0. The molecule has 0 aliphatic carbocycles. The Morgan fingerprint density at radius 1 is 1.06 bits per heavy atom. The molecule has 1 amide bonds. The van der Waals surface area contributed by atoms with Crippen LogP contribution in [-0.2, 0) is 20.3 Å². The van der Waals surface area contributed by atoms with Gasteiger partial charge in [-0.3, -0.25) is 4.79 Å². The molecule has 0 aliphatic rings. The van der Waals surface area contributed by atoms with Crippen LogP contribution in [0.2, 0.25) is 0 Å². The Morgan fingerprint density at radius 2 is 1.79 bits per heavy atom. The maximum Gasteiger partial charge on any atom is 0.339 e. The number of amides is 1. The first-order valence-electron chi connectivity index (χ1n) is 10.2. The van der Waals surface area contributed by atoms with Gasteiger partial charge >= 0.3 is 5.97 Å².